The summed E-state index contributed by atoms with van der Waals surface area (Å²) in [6.07, 6.45) is 1.77. The summed E-state index contributed by atoms with van der Waals surface area (Å²) < 4.78 is 0. The fourth-order valence-electron chi connectivity index (χ4n) is 0.149. The van der Waals surface area contributed by atoms with Crippen LogP contribution in [0.15, 0.2) is 12.3 Å². The average Bonchev–Trinajstić information content (AvgIpc) is 2.02. The summed E-state index contributed by atoms with van der Waals surface area (Å²) in [6.45, 7) is 3.20. The van der Waals surface area contributed by atoms with Crippen molar-refractivity contribution in [2.75, 3.05) is 6.61 Å². The molecule has 74 valence electrons. The summed E-state index contributed by atoms with van der Waals surface area (Å²) in [4.78, 5) is 0. The van der Waals surface area contributed by atoms with Gasteiger partial charge >= 0.3 is 0 Å². The van der Waals surface area contributed by atoms with Crippen molar-refractivity contribution in [3.63, 3.8) is 0 Å². The first-order valence-corrected chi connectivity index (χ1v) is 3.82. The van der Waals surface area contributed by atoms with E-state index in [1.807, 2.05) is 0 Å². The van der Waals surface area contributed by atoms with Crippen molar-refractivity contribution in [1.29, 1.82) is 0 Å². The van der Waals surface area contributed by atoms with Crippen molar-refractivity contribution in [3.05, 3.63) is 12.3 Å². The van der Waals surface area contributed by atoms with Gasteiger partial charge in [-0.3, -0.25) is 0 Å². The fourth-order valence-corrected chi connectivity index (χ4v) is 0.149. The zero-order chi connectivity index (χ0) is 9.98. The van der Waals surface area contributed by atoms with E-state index in [-0.39, 0.29) is 6.61 Å². The molecule has 0 saturated heterocycles. The Morgan fingerprint density at radius 3 is 1.67 bits per heavy atom. The maximum atomic E-state index is 8.38. The first-order chi connectivity index (χ1) is 5.56. The van der Waals surface area contributed by atoms with E-state index in [2.05, 4.69) is 0 Å². The minimum atomic E-state index is -0.593. The Hall–Kier alpha value is -0.580. The highest BCUT2D eigenvalue weighted by Gasteiger charge is 1.99. The number of aliphatic hydroxyl groups is 4. The molecule has 0 amide bonds. The van der Waals surface area contributed by atoms with Crippen molar-refractivity contribution in [2.45, 2.75) is 32.5 Å². The van der Waals surface area contributed by atoms with E-state index >= 15 is 0 Å². The average molecular weight is 178 g/mol. The maximum absolute atomic E-state index is 8.38. The zero-order valence-electron chi connectivity index (χ0n) is 7.51. The summed E-state index contributed by atoms with van der Waals surface area (Å²) in [5.41, 5.74) is 0. The Bertz CT molecular complexity index is 93.2. The van der Waals surface area contributed by atoms with Crippen LogP contribution in [-0.2, 0) is 0 Å². The zero-order valence-corrected chi connectivity index (χ0v) is 7.51. The van der Waals surface area contributed by atoms with Gasteiger partial charge in [-0.15, -0.1) is 0 Å². The molecule has 4 N–H and O–H groups in total. The molecule has 0 aliphatic rings. The smallest absolute Gasteiger partial charge is 0.0768 e. The van der Waals surface area contributed by atoms with E-state index in [0.29, 0.717) is 6.42 Å². The van der Waals surface area contributed by atoms with Gasteiger partial charge in [-0.1, -0.05) is 0 Å². The Morgan fingerprint density at radius 2 is 1.58 bits per heavy atom. The summed E-state index contributed by atoms with van der Waals surface area (Å²) in [5, 5.41) is 32.7. The second-order valence-corrected chi connectivity index (χ2v) is 2.38. The van der Waals surface area contributed by atoms with E-state index < -0.39 is 12.2 Å². The number of rotatable bonds is 3. The largest absolute Gasteiger partial charge is 0.516 e. The molecule has 0 aliphatic heterocycles. The molecular weight excluding hydrogens is 160 g/mol. The Labute approximate surface area is 72.8 Å². The minimum Gasteiger partial charge on any atom is -0.516 e. The second-order valence-electron chi connectivity index (χ2n) is 2.38. The molecule has 0 saturated carbocycles. The van der Waals surface area contributed by atoms with E-state index in [0.717, 1.165) is 6.26 Å². The third kappa shape index (κ3) is 16.2. The van der Waals surface area contributed by atoms with Crippen molar-refractivity contribution in [2.24, 2.45) is 0 Å². The van der Waals surface area contributed by atoms with Gasteiger partial charge in [0.05, 0.1) is 18.5 Å². The molecule has 0 aromatic carbocycles. The molecule has 2 unspecified atom stereocenters. The lowest BCUT2D eigenvalue weighted by Crippen LogP contribution is -2.17. The van der Waals surface area contributed by atoms with Crippen LogP contribution in [0.4, 0.5) is 0 Å². The normalized spacial score (nSPS) is 15.1. The van der Waals surface area contributed by atoms with Gasteiger partial charge < -0.3 is 20.4 Å². The quantitative estimate of drug-likeness (QED) is 0.465. The lowest BCUT2D eigenvalue weighted by atomic mass is 10.3. The molecule has 0 spiro atoms. The molecule has 2 atom stereocenters. The molecule has 0 aromatic rings. The Balaban J connectivity index is 0. The first-order valence-electron chi connectivity index (χ1n) is 3.82. The third-order valence-corrected chi connectivity index (χ3v) is 1.10. The molecule has 0 bridgehead atoms. The Morgan fingerprint density at radius 1 is 1.17 bits per heavy atom. The van der Waals surface area contributed by atoms with Gasteiger partial charge in [0.1, 0.15) is 0 Å². The summed E-state index contributed by atoms with van der Waals surface area (Å²) in [7, 11) is 0. The highest BCUT2D eigenvalue weighted by Crippen LogP contribution is 1.85. The predicted octanol–water partition coefficient (Wildman–Crippen LogP) is 0.188. The van der Waals surface area contributed by atoms with Gasteiger partial charge in [-0.05, 0) is 26.3 Å². The van der Waals surface area contributed by atoms with Gasteiger partial charge in [-0.25, -0.2) is 0 Å². The molecule has 0 rings (SSSR count). The van der Waals surface area contributed by atoms with E-state index in [9.17, 15) is 0 Å². The number of hydrogen-bond acceptors (Lipinski definition) is 4. The van der Waals surface area contributed by atoms with Crippen LogP contribution >= 0.6 is 0 Å². The second kappa shape index (κ2) is 10.4. The van der Waals surface area contributed by atoms with Crippen molar-refractivity contribution in [3.8, 4) is 0 Å². The van der Waals surface area contributed by atoms with Crippen LogP contribution in [0.5, 0.6) is 0 Å². The van der Waals surface area contributed by atoms with Crippen LogP contribution < -0.4 is 0 Å². The van der Waals surface area contributed by atoms with Crippen LogP contribution in [-0.4, -0.2) is 39.2 Å². The summed E-state index contributed by atoms with van der Waals surface area (Å²) in [5.74, 6) is 0. The summed E-state index contributed by atoms with van der Waals surface area (Å²) >= 11 is 0. The monoisotopic (exact) mass is 178 g/mol. The molecular formula is C8H18O4. The van der Waals surface area contributed by atoms with E-state index in [1.165, 1.54) is 6.08 Å². The lowest BCUT2D eigenvalue weighted by molar-refractivity contribution is 0.0438. The highest BCUT2D eigenvalue weighted by molar-refractivity contribution is 4.69. The number of hydrogen-bond donors (Lipinski definition) is 4. The summed E-state index contributed by atoms with van der Waals surface area (Å²) in [6, 6.07) is 0. The lowest BCUT2D eigenvalue weighted by Gasteiger charge is -2.03. The molecule has 12 heavy (non-hydrogen) atoms. The van der Waals surface area contributed by atoms with Crippen LogP contribution in [0.3, 0.4) is 0 Å². The first kappa shape index (κ1) is 14.0. The van der Waals surface area contributed by atoms with Crippen molar-refractivity contribution < 1.29 is 20.4 Å². The minimum absolute atomic E-state index is 0.108. The maximum Gasteiger partial charge on any atom is 0.0768 e. The molecule has 0 aromatic heterocycles. The van der Waals surface area contributed by atoms with Gasteiger partial charge in [0, 0.05) is 6.61 Å². The van der Waals surface area contributed by atoms with Crippen molar-refractivity contribution in [1.82, 2.24) is 0 Å². The van der Waals surface area contributed by atoms with Gasteiger partial charge in [0.2, 0.25) is 0 Å². The van der Waals surface area contributed by atoms with Crippen LogP contribution in [0.25, 0.3) is 0 Å². The SMILES string of the molecule is CC(O)C(C)O.O/C=C/CCO. The molecule has 0 heterocycles. The van der Waals surface area contributed by atoms with Crippen molar-refractivity contribution >= 4 is 0 Å². The Kier molecular flexibility index (Phi) is 12.1. The molecule has 0 aliphatic carbocycles. The van der Waals surface area contributed by atoms with Gasteiger partial charge in [0.25, 0.3) is 0 Å². The van der Waals surface area contributed by atoms with Crippen LogP contribution in [0.2, 0.25) is 0 Å². The van der Waals surface area contributed by atoms with E-state index in [1.54, 1.807) is 13.8 Å². The highest BCUT2D eigenvalue weighted by atomic mass is 16.3. The standard InChI is InChI=1S/C4H10O2.C4H8O2/c1-3(5)4(2)6;5-3-1-2-4-6/h3-6H,1-2H3;1,3,5-6H,2,4H2/b;3-1+. The van der Waals surface area contributed by atoms with Crippen LogP contribution in [0, 0.1) is 0 Å². The third-order valence-electron chi connectivity index (χ3n) is 1.10. The fraction of sp³-hybridized carbons (Fsp3) is 0.750. The number of aliphatic hydroxyl groups excluding tert-OH is 4. The topological polar surface area (TPSA) is 80.9 Å². The molecule has 0 fully saturated rings. The van der Waals surface area contributed by atoms with Gasteiger partial charge in [-0.2, -0.15) is 0 Å². The molecule has 0 radical (unpaired) electrons. The molecule has 4 nitrogen and oxygen atoms in total. The predicted molar refractivity (Wildman–Crippen MR) is 46.8 cm³/mol. The van der Waals surface area contributed by atoms with Crippen LogP contribution in [0.1, 0.15) is 20.3 Å². The van der Waals surface area contributed by atoms with Gasteiger partial charge in [0.15, 0.2) is 0 Å². The molecule has 4 heteroatoms. The van der Waals surface area contributed by atoms with E-state index in [4.69, 9.17) is 20.4 Å².